The Morgan fingerprint density at radius 1 is 0.941 bits per heavy atom. The van der Waals surface area contributed by atoms with Crippen LogP contribution in [0.15, 0.2) is 119 Å². The highest BCUT2D eigenvalue weighted by molar-refractivity contribution is 7.89. The van der Waals surface area contributed by atoms with E-state index in [1.165, 1.54) is 38.9 Å². The van der Waals surface area contributed by atoms with Gasteiger partial charge in [0.1, 0.15) is 11.0 Å². The average molecular weight is 962 g/mol. The van der Waals surface area contributed by atoms with Crippen molar-refractivity contribution in [2.75, 3.05) is 32.7 Å². The fraction of sp³-hybridized carbons (Fsp3) is 0.392. The van der Waals surface area contributed by atoms with Crippen LogP contribution in [0.2, 0.25) is 0 Å². The van der Waals surface area contributed by atoms with Gasteiger partial charge in [0.15, 0.2) is 0 Å². The van der Waals surface area contributed by atoms with E-state index in [0.29, 0.717) is 29.2 Å². The highest BCUT2D eigenvalue weighted by Crippen LogP contribution is 2.45. The Hall–Kier alpha value is -6.14. The minimum atomic E-state index is -4.09. The largest absolute Gasteiger partial charge is 0.465 e. The molecule has 3 aliphatic rings. The van der Waals surface area contributed by atoms with Gasteiger partial charge in [-0.3, -0.25) is 4.79 Å². The lowest BCUT2D eigenvalue weighted by Gasteiger charge is -2.36. The zero-order valence-electron chi connectivity index (χ0n) is 38.3. The number of hydrogen-bond acceptors (Lipinski definition) is 10. The molecule has 1 aliphatic heterocycles. The number of oxime groups is 1. The van der Waals surface area contributed by atoms with E-state index >= 15 is 0 Å². The van der Waals surface area contributed by atoms with Gasteiger partial charge < -0.3 is 35.4 Å². The van der Waals surface area contributed by atoms with Crippen molar-refractivity contribution in [3.63, 3.8) is 0 Å². The number of nitrogens with zero attached hydrogens (tertiary/aromatic N) is 6. The lowest BCUT2D eigenvalue weighted by molar-refractivity contribution is -0.128. The lowest BCUT2D eigenvalue weighted by atomic mass is 9.85. The molecule has 1 aromatic heterocycles. The van der Waals surface area contributed by atoms with Crippen LogP contribution in [0.1, 0.15) is 78.4 Å². The van der Waals surface area contributed by atoms with Gasteiger partial charge in [0, 0.05) is 44.0 Å². The van der Waals surface area contributed by atoms with Crippen molar-refractivity contribution in [2.45, 2.75) is 88.0 Å². The predicted octanol–water partition coefficient (Wildman–Crippen LogP) is 7.48. The van der Waals surface area contributed by atoms with E-state index in [2.05, 4.69) is 34.7 Å². The number of urea groups is 1. The SMILES string of the molecule is CC[C@H](C)[C@@H](C(=O)N[C@@H](Cc1ccccc1)[C@H](O)CN(CC1CCC1)S(=O)(=O)c1ccc(C=NO)cc1)N1CCN(Cc2csc(CN(CC3c4ccccc4-c4ccccc43)C(=O)O)n2)C1=O. The summed E-state index contributed by atoms with van der Waals surface area (Å²) in [4.78, 5) is 51.0. The first-order valence-corrected chi connectivity index (χ1v) is 25.6. The summed E-state index contributed by atoms with van der Waals surface area (Å²) in [7, 11) is -4.09. The van der Waals surface area contributed by atoms with E-state index in [1.807, 2.05) is 73.8 Å². The Labute approximate surface area is 401 Å². The highest BCUT2D eigenvalue weighted by atomic mass is 32.2. The molecule has 0 radical (unpaired) electrons. The van der Waals surface area contributed by atoms with Gasteiger partial charge in [-0.25, -0.2) is 23.0 Å². The predicted molar refractivity (Wildman–Crippen MR) is 260 cm³/mol. The fourth-order valence-electron chi connectivity index (χ4n) is 9.61. The molecular formula is C51H59N7O8S2. The molecular weight excluding hydrogens is 903 g/mol. The number of thiazole rings is 1. The fourth-order valence-corrected chi connectivity index (χ4v) is 11.9. The lowest BCUT2D eigenvalue weighted by Crippen LogP contribution is -2.57. The van der Waals surface area contributed by atoms with Crippen molar-refractivity contribution in [2.24, 2.45) is 17.0 Å². The van der Waals surface area contributed by atoms with Crippen molar-refractivity contribution in [3.8, 4) is 11.1 Å². The van der Waals surface area contributed by atoms with Crippen molar-refractivity contribution in [3.05, 3.63) is 141 Å². The number of aliphatic hydroxyl groups is 1. The highest BCUT2D eigenvalue weighted by Gasteiger charge is 2.42. The van der Waals surface area contributed by atoms with Crippen LogP contribution in [0.25, 0.3) is 11.1 Å². The van der Waals surface area contributed by atoms with Crippen LogP contribution in [0.3, 0.4) is 0 Å². The number of nitrogens with one attached hydrogen (secondary N) is 1. The van der Waals surface area contributed by atoms with Crippen LogP contribution in [0.5, 0.6) is 0 Å². The second kappa shape index (κ2) is 21.4. The molecule has 4 N–H and O–H groups in total. The number of sulfonamides is 1. The van der Waals surface area contributed by atoms with Gasteiger partial charge in [-0.15, -0.1) is 11.3 Å². The maximum absolute atomic E-state index is 14.6. The Kier molecular flexibility index (Phi) is 15.2. The van der Waals surface area contributed by atoms with E-state index in [1.54, 1.807) is 21.9 Å². The molecule has 0 bridgehead atoms. The summed E-state index contributed by atoms with van der Waals surface area (Å²) in [6.45, 7) is 4.94. The molecule has 4 amide bonds. The summed E-state index contributed by atoms with van der Waals surface area (Å²) in [5.41, 5.74) is 6.38. The number of aliphatic hydroxyl groups excluding tert-OH is 1. The molecule has 2 aliphatic carbocycles. The molecule has 8 rings (SSSR count). The molecule has 358 valence electrons. The summed E-state index contributed by atoms with van der Waals surface area (Å²) in [5.74, 6) is -0.700. The second-order valence-corrected chi connectivity index (χ2v) is 21.0. The summed E-state index contributed by atoms with van der Waals surface area (Å²) >= 11 is 1.34. The van der Waals surface area contributed by atoms with E-state index < -0.39 is 40.2 Å². The molecule has 68 heavy (non-hydrogen) atoms. The van der Waals surface area contributed by atoms with Gasteiger partial charge in [-0.05, 0) is 76.6 Å². The summed E-state index contributed by atoms with van der Waals surface area (Å²) in [6.07, 6.45) is 2.36. The quantitative estimate of drug-likeness (QED) is 0.0328. The average Bonchev–Trinajstić information content (AvgIpc) is 4.02. The van der Waals surface area contributed by atoms with Gasteiger partial charge in [-0.2, -0.15) is 4.31 Å². The first kappa shape index (κ1) is 48.3. The first-order valence-electron chi connectivity index (χ1n) is 23.3. The first-order chi connectivity index (χ1) is 32.8. The third-order valence-electron chi connectivity index (χ3n) is 13.7. The van der Waals surface area contributed by atoms with Crippen LogP contribution in [0, 0.1) is 11.8 Å². The molecule has 0 unspecified atom stereocenters. The van der Waals surface area contributed by atoms with Crippen molar-refractivity contribution >= 4 is 45.6 Å². The smallest absolute Gasteiger partial charge is 0.407 e. The van der Waals surface area contributed by atoms with E-state index in [-0.39, 0.29) is 74.4 Å². The monoisotopic (exact) mass is 961 g/mol. The number of carbonyl (C=O) groups excluding carboxylic acids is 2. The van der Waals surface area contributed by atoms with Gasteiger partial charge in [0.25, 0.3) is 0 Å². The third-order valence-corrected chi connectivity index (χ3v) is 16.4. The summed E-state index contributed by atoms with van der Waals surface area (Å²) in [6, 6.07) is 29.4. The molecule has 5 aromatic rings. The maximum atomic E-state index is 14.6. The molecule has 4 atom stereocenters. The van der Waals surface area contributed by atoms with Crippen LogP contribution in [0.4, 0.5) is 9.59 Å². The van der Waals surface area contributed by atoms with Crippen LogP contribution >= 0.6 is 11.3 Å². The van der Waals surface area contributed by atoms with E-state index in [9.17, 15) is 33.0 Å². The Morgan fingerprint density at radius 2 is 1.60 bits per heavy atom. The van der Waals surface area contributed by atoms with Crippen molar-refractivity contribution in [1.29, 1.82) is 0 Å². The van der Waals surface area contributed by atoms with Crippen molar-refractivity contribution < 1.29 is 38.2 Å². The van der Waals surface area contributed by atoms with E-state index in [4.69, 9.17) is 10.2 Å². The molecule has 1 saturated carbocycles. The molecule has 4 aromatic carbocycles. The third kappa shape index (κ3) is 10.8. The van der Waals surface area contributed by atoms with Gasteiger partial charge >= 0.3 is 12.1 Å². The van der Waals surface area contributed by atoms with Crippen molar-refractivity contribution in [1.82, 2.24) is 29.3 Å². The zero-order valence-corrected chi connectivity index (χ0v) is 39.9. The van der Waals surface area contributed by atoms with Gasteiger partial charge in [-0.1, -0.05) is 123 Å². The van der Waals surface area contributed by atoms with Crippen LogP contribution < -0.4 is 5.32 Å². The molecule has 2 fully saturated rings. The summed E-state index contributed by atoms with van der Waals surface area (Å²) in [5, 5.41) is 39.9. The molecule has 0 spiro atoms. The number of carbonyl (C=O) groups is 3. The van der Waals surface area contributed by atoms with Crippen LogP contribution in [-0.2, 0) is 34.3 Å². The number of benzene rings is 4. The Balaban J connectivity index is 0.954. The number of carboxylic acid groups (broad SMARTS) is 1. The normalized spacial score (nSPS) is 16.9. The summed E-state index contributed by atoms with van der Waals surface area (Å²) < 4.78 is 29.7. The zero-order chi connectivity index (χ0) is 48.0. The number of fused-ring (bicyclic) bond motifs is 3. The molecule has 2 heterocycles. The number of aromatic nitrogens is 1. The van der Waals surface area contributed by atoms with Gasteiger partial charge in [0.05, 0.1) is 42.0 Å². The Bertz CT molecular complexity index is 2650. The minimum absolute atomic E-state index is 0.0325. The van der Waals surface area contributed by atoms with E-state index in [0.717, 1.165) is 47.1 Å². The standard InChI is InChI=1S/C51H59N7O8S2/c1-3-34(2)48(49(60)54-45(26-35-12-5-4-6-13-35)46(59)31-57(28-37-14-11-15-37)68(65,66)39-22-20-36(21-23-39)27-52-64)58-25-24-55(50(58)61)29-38-33-67-47(53-38)32-56(51(62)63)30-44-42-18-9-7-16-40(42)41-17-8-10-19-43(41)44/h4-10,12-13,16-23,27,33-34,37,44-46,48,59,64H,3,11,14-15,24-26,28-32H2,1-2H3,(H,54,60)(H,62,63)/t34-,45-,46+,48-/m0/s1. The molecule has 17 heteroatoms. The number of hydrogen-bond donors (Lipinski definition) is 4. The minimum Gasteiger partial charge on any atom is -0.465 e. The van der Waals surface area contributed by atoms with Crippen LogP contribution in [-0.4, -0.2) is 123 Å². The molecule has 1 saturated heterocycles. The maximum Gasteiger partial charge on any atom is 0.407 e. The topological polar surface area (TPSA) is 196 Å². The van der Waals surface area contributed by atoms with Gasteiger partial charge in [0.2, 0.25) is 15.9 Å². The molecule has 15 nitrogen and oxygen atoms in total. The Morgan fingerprint density at radius 3 is 2.22 bits per heavy atom. The number of rotatable bonds is 21. The second-order valence-electron chi connectivity index (χ2n) is 18.2. The number of amides is 4.